The number of nitrogens with zero attached hydrogens (tertiary/aromatic N) is 1. The Morgan fingerprint density at radius 2 is 1.89 bits per heavy atom. The molecule has 0 atom stereocenters. The molecule has 1 amide bonds. The van der Waals surface area contributed by atoms with Gasteiger partial charge in [0, 0.05) is 30.2 Å². The van der Waals surface area contributed by atoms with Gasteiger partial charge in [0.25, 0.3) is 5.91 Å². The molecule has 0 saturated heterocycles. The van der Waals surface area contributed by atoms with Gasteiger partial charge in [0.1, 0.15) is 0 Å². The molecular weight excluding hydrogens is 389 g/mol. The molecule has 0 fully saturated rings. The lowest BCUT2D eigenvalue weighted by Crippen LogP contribution is -2.35. The van der Waals surface area contributed by atoms with Crippen molar-refractivity contribution in [3.8, 4) is 0 Å². The molecule has 3 nitrogen and oxygen atoms in total. The van der Waals surface area contributed by atoms with Crippen LogP contribution in [0.3, 0.4) is 0 Å². The minimum Gasteiger partial charge on any atom is -0.359 e. The fraction of sp³-hybridized carbons (Fsp3) is 0.190. The minimum absolute atomic E-state index is 0.258. The van der Waals surface area contributed by atoms with Crippen molar-refractivity contribution >= 4 is 34.0 Å². The molecule has 7 heteroatoms. The van der Waals surface area contributed by atoms with E-state index >= 15 is 0 Å². The first-order valence-corrected chi connectivity index (χ1v) is 9.14. The SMILES string of the molecule is O=C(c1ccccc1C(F)(F)F)N1CC=C(c2c[nH]c3c(Cl)cccc23)CC1. The summed E-state index contributed by atoms with van der Waals surface area (Å²) in [6.45, 7) is 0.609. The molecule has 0 aliphatic carbocycles. The van der Waals surface area contributed by atoms with Gasteiger partial charge in [-0.25, -0.2) is 0 Å². The summed E-state index contributed by atoms with van der Waals surface area (Å²) in [4.78, 5) is 17.3. The summed E-state index contributed by atoms with van der Waals surface area (Å²) in [6.07, 6.45) is -0.244. The van der Waals surface area contributed by atoms with Gasteiger partial charge in [-0.15, -0.1) is 0 Å². The summed E-state index contributed by atoms with van der Waals surface area (Å²) in [5, 5.41) is 1.61. The summed E-state index contributed by atoms with van der Waals surface area (Å²) in [6, 6.07) is 10.5. The van der Waals surface area contributed by atoms with Crippen LogP contribution in [-0.2, 0) is 6.18 Å². The molecule has 1 aliphatic rings. The number of benzene rings is 2. The highest BCUT2D eigenvalue weighted by atomic mass is 35.5. The third-order valence-corrected chi connectivity index (χ3v) is 5.28. The van der Waals surface area contributed by atoms with Crippen LogP contribution in [0.1, 0.15) is 27.9 Å². The lowest BCUT2D eigenvalue weighted by Gasteiger charge is -2.27. The standard InChI is InChI=1S/C21H16ClF3N2O/c22-18-7-3-5-14-16(12-26-19(14)18)13-8-10-27(11-9-13)20(28)15-4-1-2-6-17(15)21(23,24)25/h1-8,12,26H,9-11H2. The smallest absolute Gasteiger partial charge is 0.359 e. The molecule has 2 heterocycles. The zero-order valence-corrected chi connectivity index (χ0v) is 15.4. The van der Waals surface area contributed by atoms with Crippen molar-refractivity contribution in [2.24, 2.45) is 0 Å². The largest absolute Gasteiger partial charge is 0.417 e. The fourth-order valence-electron chi connectivity index (χ4n) is 3.57. The van der Waals surface area contributed by atoms with Crippen molar-refractivity contribution < 1.29 is 18.0 Å². The maximum atomic E-state index is 13.2. The molecule has 144 valence electrons. The molecule has 0 saturated carbocycles. The molecule has 0 bridgehead atoms. The quantitative estimate of drug-likeness (QED) is 0.578. The van der Waals surface area contributed by atoms with Gasteiger partial charge in [-0.05, 0) is 30.2 Å². The maximum absolute atomic E-state index is 13.2. The van der Waals surface area contributed by atoms with Crippen LogP contribution < -0.4 is 0 Å². The lowest BCUT2D eigenvalue weighted by atomic mass is 9.98. The first-order valence-electron chi connectivity index (χ1n) is 8.77. The molecule has 1 aliphatic heterocycles. The van der Waals surface area contributed by atoms with Gasteiger partial charge in [0.15, 0.2) is 0 Å². The fourth-order valence-corrected chi connectivity index (χ4v) is 3.80. The van der Waals surface area contributed by atoms with E-state index in [1.807, 2.05) is 24.4 Å². The Morgan fingerprint density at radius 3 is 2.61 bits per heavy atom. The van der Waals surface area contributed by atoms with E-state index in [-0.39, 0.29) is 12.1 Å². The van der Waals surface area contributed by atoms with Crippen LogP contribution in [0.4, 0.5) is 13.2 Å². The first-order chi connectivity index (χ1) is 13.4. The molecule has 2 aromatic carbocycles. The van der Waals surface area contributed by atoms with Crippen molar-refractivity contribution in [2.75, 3.05) is 13.1 Å². The van der Waals surface area contributed by atoms with E-state index in [1.165, 1.54) is 23.1 Å². The minimum atomic E-state index is -4.56. The van der Waals surface area contributed by atoms with E-state index in [4.69, 9.17) is 11.6 Å². The molecule has 28 heavy (non-hydrogen) atoms. The van der Waals surface area contributed by atoms with Crippen LogP contribution in [0.5, 0.6) is 0 Å². The predicted molar refractivity (Wildman–Crippen MR) is 103 cm³/mol. The summed E-state index contributed by atoms with van der Waals surface area (Å²) in [7, 11) is 0. The molecule has 0 radical (unpaired) electrons. The average molecular weight is 405 g/mol. The molecule has 0 unspecified atom stereocenters. The van der Waals surface area contributed by atoms with Gasteiger partial charge >= 0.3 is 6.18 Å². The second kappa shape index (κ2) is 7.02. The number of alkyl halides is 3. The predicted octanol–water partition coefficient (Wildman–Crippen LogP) is 5.77. The zero-order chi connectivity index (χ0) is 19.9. The lowest BCUT2D eigenvalue weighted by molar-refractivity contribution is -0.138. The van der Waals surface area contributed by atoms with Gasteiger partial charge in [-0.2, -0.15) is 13.2 Å². The van der Waals surface area contributed by atoms with E-state index in [1.54, 1.807) is 6.07 Å². The third kappa shape index (κ3) is 3.29. The van der Waals surface area contributed by atoms with Crippen LogP contribution in [0, 0.1) is 0 Å². The summed E-state index contributed by atoms with van der Waals surface area (Å²) >= 11 is 6.20. The van der Waals surface area contributed by atoms with Crippen molar-refractivity contribution in [3.05, 3.63) is 76.5 Å². The highest BCUT2D eigenvalue weighted by molar-refractivity contribution is 6.35. The van der Waals surface area contributed by atoms with Crippen LogP contribution in [0.2, 0.25) is 5.02 Å². The highest BCUT2D eigenvalue weighted by Crippen LogP contribution is 2.34. The number of rotatable bonds is 2. The number of amides is 1. The van der Waals surface area contributed by atoms with E-state index in [2.05, 4.69) is 4.98 Å². The Morgan fingerprint density at radius 1 is 1.11 bits per heavy atom. The van der Waals surface area contributed by atoms with Gasteiger partial charge in [-0.3, -0.25) is 4.79 Å². The number of H-pyrrole nitrogens is 1. The van der Waals surface area contributed by atoms with Gasteiger partial charge < -0.3 is 9.88 Å². The first kappa shape index (κ1) is 18.6. The normalized spacial score (nSPS) is 15.0. The third-order valence-electron chi connectivity index (χ3n) is 4.97. The Balaban J connectivity index is 1.59. The molecule has 1 aromatic heterocycles. The van der Waals surface area contributed by atoms with Crippen LogP contribution >= 0.6 is 11.6 Å². The topological polar surface area (TPSA) is 36.1 Å². The van der Waals surface area contributed by atoms with Crippen molar-refractivity contribution in [3.63, 3.8) is 0 Å². The Labute approximate surface area is 164 Å². The van der Waals surface area contributed by atoms with E-state index in [0.717, 1.165) is 28.1 Å². The number of nitrogens with one attached hydrogen (secondary N) is 1. The van der Waals surface area contributed by atoms with Gasteiger partial charge in [0.2, 0.25) is 0 Å². The number of hydrogen-bond acceptors (Lipinski definition) is 1. The molecule has 3 aromatic rings. The number of para-hydroxylation sites is 1. The average Bonchev–Trinajstić information content (AvgIpc) is 3.12. The Bertz CT molecular complexity index is 1080. The number of fused-ring (bicyclic) bond motifs is 1. The highest BCUT2D eigenvalue weighted by Gasteiger charge is 2.36. The number of aromatic amines is 1. The van der Waals surface area contributed by atoms with Crippen LogP contribution in [0.15, 0.2) is 54.7 Å². The zero-order valence-electron chi connectivity index (χ0n) is 14.7. The molecular formula is C21H16ClF3N2O. The summed E-state index contributed by atoms with van der Waals surface area (Å²) < 4.78 is 39.6. The molecule has 0 spiro atoms. The molecule has 1 N–H and O–H groups in total. The number of carbonyl (C=O) groups excluding carboxylic acids is 1. The van der Waals surface area contributed by atoms with Gasteiger partial charge in [-0.1, -0.05) is 41.9 Å². The summed E-state index contributed by atoms with van der Waals surface area (Å²) in [5.74, 6) is -0.606. The van der Waals surface area contributed by atoms with Crippen LogP contribution in [-0.4, -0.2) is 28.9 Å². The second-order valence-corrected chi connectivity index (χ2v) is 7.05. The number of halogens is 4. The number of aromatic nitrogens is 1. The Hall–Kier alpha value is -2.73. The van der Waals surface area contributed by atoms with Crippen LogP contribution in [0.25, 0.3) is 16.5 Å². The van der Waals surface area contributed by atoms with Gasteiger partial charge in [0.05, 0.1) is 21.7 Å². The van der Waals surface area contributed by atoms with E-state index < -0.39 is 17.6 Å². The van der Waals surface area contributed by atoms with Crippen molar-refractivity contribution in [2.45, 2.75) is 12.6 Å². The second-order valence-electron chi connectivity index (χ2n) is 6.64. The van der Waals surface area contributed by atoms with E-state index in [0.29, 0.717) is 18.0 Å². The van der Waals surface area contributed by atoms with Crippen molar-refractivity contribution in [1.29, 1.82) is 0 Å². The monoisotopic (exact) mass is 404 g/mol. The maximum Gasteiger partial charge on any atom is 0.417 e. The Kier molecular flexibility index (Phi) is 4.67. The number of hydrogen-bond donors (Lipinski definition) is 1. The van der Waals surface area contributed by atoms with E-state index in [9.17, 15) is 18.0 Å². The van der Waals surface area contributed by atoms with Crippen molar-refractivity contribution in [1.82, 2.24) is 9.88 Å². The summed E-state index contributed by atoms with van der Waals surface area (Å²) in [5.41, 5.74) is 1.67. The number of carbonyl (C=O) groups is 1. The molecule has 4 rings (SSSR count).